The molecule has 1 aromatic rings. The summed E-state index contributed by atoms with van der Waals surface area (Å²) in [6.45, 7) is 0.387. The van der Waals surface area contributed by atoms with Crippen LogP contribution in [-0.4, -0.2) is 47.7 Å². The number of morpholine rings is 1. The highest BCUT2D eigenvalue weighted by Gasteiger charge is 2.30. The van der Waals surface area contributed by atoms with Gasteiger partial charge in [0.1, 0.15) is 5.82 Å². The Balaban J connectivity index is 2.19. The first-order chi connectivity index (χ1) is 8.99. The van der Waals surface area contributed by atoms with Gasteiger partial charge in [0.2, 0.25) is 0 Å². The smallest absolute Gasteiger partial charge is 0.334 e. The number of benzene rings is 1. The Bertz CT molecular complexity index is 522. The predicted octanol–water partition coefficient (Wildman–Crippen LogP) is 1.51. The van der Waals surface area contributed by atoms with E-state index in [9.17, 15) is 14.0 Å². The minimum Gasteiger partial charge on any atom is -0.479 e. The highest BCUT2D eigenvalue weighted by molar-refractivity contribution is 9.10. The van der Waals surface area contributed by atoms with Crippen LogP contribution in [0.25, 0.3) is 0 Å². The number of halogens is 2. The molecule has 1 atom stereocenters. The van der Waals surface area contributed by atoms with Crippen molar-refractivity contribution in [2.45, 2.75) is 6.10 Å². The van der Waals surface area contributed by atoms with Crippen LogP contribution in [0.3, 0.4) is 0 Å². The predicted molar refractivity (Wildman–Crippen MR) is 67.4 cm³/mol. The molecule has 0 spiro atoms. The maximum atomic E-state index is 13.2. The fourth-order valence-electron chi connectivity index (χ4n) is 1.81. The first kappa shape index (κ1) is 14.0. The highest BCUT2D eigenvalue weighted by Crippen LogP contribution is 2.20. The SMILES string of the molecule is O=C(O)[C@H]1CN(C(=O)c2cc(F)ccc2Br)CCO1. The second-order valence-electron chi connectivity index (χ2n) is 4.07. The van der Waals surface area contributed by atoms with Gasteiger partial charge in [0.05, 0.1) is 18.7 Å². The Morgan fingerprint density at radius 3 is 2.89 bits per heavy atom. The zero-order chi connectivity index (χ0) is 14.0. The number of carbonyl (C=O) groups excluding carboxylic acids is 1. The molecule has 0 aromatic heterocycles. The molecule has 19 heavy (non-hydrogen) atoms. The van der Waals surface area contributed by atoms with E-state index >= 15 is 0 Å². The molecule has 1 N–H and O–H groups in total. The fraction of sp³-hybridized carbons (Fsp3) is 0.333. The Labute approximate surface area is 117 Å². The van der Waals surface area contributed by atoms with Crippen LogP contribution in [0, 0.1) is 5.82 Å². The van der Waals surface area contributed by atoms with Crippen molar-refractivity contribution in [1.29, 1.82) is 0 Å². The number of carboxylic acids is 1. The Kier molecular flexibility index (Phi) is 4.16. The van der Waals surface area contributed by atoms with Gasteiger partial charge in [0.15, 0.2) is 6.10 Å². The number of amides is 1. The maximum absolute atomic E-state index is 13.2. The van der Waals surface area contributed by atoms with Crippen molar-refractivity contribution < 1.29 is 23.8 Å². The van der Waals surface area contributed by atoms with E-state index < -0.39 is 23.8 Å². The van der Waals surface area contributed by atoms with Gasteiger partial charge in [-0.3, -0.25) is 4.79 Å². The minimum absolute atomic E-state index is 0.0445. The summed E-state index contributed by atoms with van der Waals surface area (Å²) >= 11 is 3.18. The number of nitrogens with zero attached hydrogens (tertiary/aromatic N) is 1. The summed E-state index contributed by atoms with van der Waals surface area (Å²) < 4.78 is 18.7. The molecule has 102 valence electrons. The van der Waals surface area contributed by atoms with Crippen molar-refractivity contribution >= 4 is 27.8 Å². The molecule has 0 radical (unpaired) electrons. The van der Waals surface area contributed by atoms with E-state index in [2.05, 4.69) is 15.9 Å². The van der Waals surface area contributed by atoms with Gasteiger partial charge in [-0.15, -0.1) is 0 Å². The second-order valence-corrected chi connectivity index (χ2v) is 4.93. The zero-order valence-electron chi connectivity index (χ0n) is 9.81. The van der Waals surface area contributed by atoms with E-state index in [0.717, 1.165) is 6.07 Å². The van der Waals surface area contributed by atoms with E-state index in [4.69, 9.17) is 9.84 Å². The Hall–Kier alpha value is -1.47. The lowest BCUT2D eigenvalue weighted by Gasteiger charge is -2.31. The summed E-state index contributed by atoms with van der Waals surface area (Å²) in [5.74, 6) is -2.05. The van der Waals surface area contributed by atoms with E-state index in [1.807, 2.05) is 0 Å². The lowest BCUT2D eigenvalue weighted by Crippen LogP contribution is -2.48. The summed E-state index contributed by atoms with van der Waals surface area (Å²) in [4.78, 5) is 24.4. The normalized spacial score (nSPS) is 19.3. The quantitative estimate of drug-likeness (QED) is 0.892. The molecular formula is C12H11BrFNO4. The van der Waals surface area contributed by atoms with Gasteiger partial charge < -0.3 is 14.7 Å². The van der Waals surface area contributed by atoms with Crippen LogP contribution < -0.4 is 0 Å². The van der Waals surface area contributed by atoms with Gasteiger partial charge in [0.25, 0.3) is 5.91 Å². The van der Waals surface area contributed by atoms with Crippen LogP contribution >= 0.6 is 15.9 Å². The molecule has 0 bridgehead atoms. The van der Waals surface area contributed by atoms with Crippen LogP contribution in [-0.2, 0) is 9.53 Å². The van der Waals surface area contributed by atoms with Gasteiger partial charge in [-0.25, -0.2) is 9.18 Å². The summed E-state index contributed by atoms with van der Waals surface area (Å²) in [5, 5.41) is 8.87. The van der Waals surface area contributed by atoms with E-state index in [1.54, 1.807) is 0 Å². The molecule has 1 saturated heterocycles. The van der Waals surface area contributed by atoms with Gasteiger partial charge in [0, 0.05) is 11.0 Å². The number of hydrogen-bond donors (Lipinski definition) is 1. The Morgan fingerprint density at radius 1 is 1.47 bits per heavy atom. The Morgan fingerprint density at radius 2 is 2.21 bits per heavy atom. The molecule has 1 aliphatic rings. The third-order valence-electron chi connectivity index (χ3n) is 2.79. The van der Waals surface area contributed by atoms with Crippen molar-refractivity contribution in [3.63, 3.8) is 0 Å². The molecule has 1 aliphatic heterocycles. The molecule has 1 amide bonds. The molecule has 0 saturated carbocycles. The number of rotatable bonds is 2. The standard InChI is InChI=1S/C12H11BrFNO4/c13-9-2-1-7(14)5-8(9)11(16)15-3-4-19-10(6-15)12(17)18/h1-2,5,10H,3-4,6H2,(H,17,18)/t10-/m1/s1. The monoisotopic (exact) mass is 331 g/mol. The number of carboxylic acid groups (broad SMARTS) is 1. The summed E-state index contributed by atoms with van der Waals surface area (Å²) in [6.07, 6.45) is -1.04. The van der Waals surface area contributed by atoms with E-state index in [0.29, 0.717) is 4.47 Å². The average Bonchev–Trinajstić information content (AvgIpc) is 2.41. The topological polar surface area (TPSA) is 66.8 Å². The summed E-state index contributed by atoms with van der Waals surface area (Å²) in [6, 6.07) is 3.80. The number of hydrogen-bond acceptors (Lipinski definition) is 3. The van der Waals surface area contributed by atoms with Gasteiger partial charge in [-0.1, -0.05) is 0 Å². The number of carbonyl (C=O) groups is 2. The van der Waals surface area contributed by atoms with Crippen molar-refractivity contribution in [2.75, 3.05) is 19.7 Å². The number of ether oxygens (including phenoxy) is 1. The maximum Gasteiger partial charge on any atom is 0.334 e. The van der Waals surface area contributed by atoms with Crippen LogP contribution in [0.2, 0.25) is 0 Å². The van der Waals surface area contributed by atoms with Gasteiger partial charge in [-0.2, -0.15) is 0 Å². The zero-order valence-corrected chi connectivity index (χ0v) is 11.4. The second kappa shape index (κ2) is 5.66. The van der Waals surface area contributed by atoms with Gasteiger partial charge >= 0.3 is 5.97 Å². The van der Waals surface area contributed by atoms with Crippen LogP contribution in [0.4, 0.5) is 4.39 Å². The molecule has 0 aliphatic carbocycles. The molecule has 1 fully saturated rings. The molecule has 5 nitrogen and oxygen atoms in total. The van der Waals surface area contributed by atoms with E-state index in [1.165, 1.54) is 17.0 Å². The molecule has 1 aromatic carbocycles. The molecule has 1 heterocycles. The van der Waals surface area contributed by atoms with Crippen molar-refractivity contribution in [2.24, 2.45) is 0 Å². The average molecular weight is 332 g/mol. The largest absolute Gasteiger partial charge is 0.479 e. The highest BCUT2D eigenvalue weighted by atomic mass is 79.9. The van der Waals surface area contributed by atoms with Crippen LogP contribution in [0.15, 0.2) is 22.7 Å². The minimum atomic E-state index is -1.11. The third kappa shape index (κ3) is 3.10. The molecule has 7 heteroatoms. The number of aliphatic carboxylic acids is 1. The lowest BCUT2D eigenvalue weighted by molar-refractivity contribution is -0.154. The first-order valence-corrected chi connectivity index (χ1v) is 6.37. The first-order valence-electron chi connectivity index (χ1n) is 5.58. The van der Waals surface area contributed by atoms with Gasteiger partial charge in [-0.05, 0) is 34.1 Å². The molecule has 2 rings (SSSR count). The van der Waals surface area contributed by atoms with Crippen LogP contribution in [0.5, 0.6) is 0 Å². The van der Waals surface area contributed by atoms with E-state index in [-0.39, 0.29) is 25.3 Å². The van der Waals surface area contributed by atoms with Crippen LogP contribution in [0.1, 0.15) is 10.4 Å². The summed E-state index contributed by atoms with van der Waals surface area (Å²) in [5.41, 5.74) is 0.172. The third-order valence-corrected chi connectivity index (χ3v) is 3.48. The summed E-state index contributed by atoms with van der Waals surface area (Å²) in [7, 11) is 0. The van der Waals surface area contributed by atoms with Crippen molar-refractivity contribution in [3.05, 3.63) is 34.1 Å². The van der Waals surface area contributed by atoms with Crippen molar-refractivity contribution in [3.8, 4) is 0 Å². The lowest BCUT2D eigenvalue weighted by atomic mass is 10.1. The van der Waals surface area contributed by atoms with Crippen molar-refractivity contribution in [1.82, 2.24) is 4.90 Å². The molecule has 0 unspecified atom stereocenters. The molecular weight excluding hydrogens is 321 g/mol. The fourth-order valence-corrected chi connectivity index (χ4v) is 2.23.